The fraction of sp³-hybridized carbons (Fsp3) is 0.800. The van der Waals surface area contributed by atoms with Crippen LogP contribution in [0.2, 0.25) is 0 Å². The molecule has 0 saturated heterocycles. The Hall–Kier alpha value is -0.510. The first-order chi connectivity index (χ1) is 3.12. The van der Waals surface area contributed by atoms with Gasteiger partial charge in [0.1, 0.15) is 0 Å². The predicted octanol–water partition coefficient (Wildman–Crippen LogP) is 1.70. The Balaban J connectivity index is 3.66. The van der Waals surface area contributed by atoms with Crippen molar-refractivity contribution in [1.29, 1.82) is 0 Å². The molecule has 34 valence electrons. The summed E-state index contributed by atoms with van der Waals surface area (Å²) in [6.45, 7) is 10.2. The molecule has 0 N–H and O–H groups in total. The highest BCUT2D eigenvalue weighted by Crippen LogP contribution is 2.03. The van der Waals surface area contributed by atoms with Crippen LogP contribution in [0.4, 0.5) is 0 Å². The van der Waals surface area contributed by atoms with Gasteiger partial charge >= 0.3 is 0 Å². The standard InChI is InChI=1S/C5H9N/c1-5(2,3)6-4/h1-3H3/i1D. The maximum Gasteiger partial charge on any atom is 0.224 e. The molecule has 0 aliphatic rings. The minimum Gasteiger partial charge on any atom is -0.311 e. The van der Waals surface area contributed by atoms with Crippen molar-refractivity contribution in [3.63, 3.8) is 0 Å². The molecule has 0 aromatic rings. The number of hydrogen-bond acceptors (Lipinski definition) is 0. The Morgan fingerprint density at radius 2 is 2.33 bits per heavy atom. The van der Waals surface area contributed by atoms with E-state index < -0.39 is 5.54 Å². The highest BCUT2D eigenvalue weighted by Gasteiger charge is 2.10. The normalized spacial score (nSPS) is 12.5. The van der Waals surface area contributed by atoms with Gasteiger partial charge in [0.2, 0.25) is 5.54 Å². The quantitative estimate of drug-likeness (QED) is 0.393. The molecular formula is C5H9N. The second-order valence-corrected chi connectivity index (χ2v) is 1.92. The molecule has 6 heavy (non-hydrogen) atoms. The van der Waals surface area contributed by atoms with Crippen molar-refractivity contribution < 1.29 is 1.37 Å². The van der Waals surface area contributed by atoms with Crippen LogP contribution in [0.5, 0.6) is 0 Å². The van der Waals surface area contributed by atoms with Crippen molar-refractivity contribution >= 4 is 0 Å². The van der Waals surface area contributed by atoms with E-state index in [2.05, 4.69) is 4.85 Å². The Morgan fingerprint density at radius 1 is 1.83 bits per heavy atom. The maximum atomic E-state index is 6.79. The van der Waals surface area contributed by atoms with E-state index in [4.69, 9.17) is 7.94 Å². The third-order valence-electron chi connectivity index (χ3n) is 0.303. The lowest BCUT2D eigenvalue weighted by Gasteiger charge is -1.97. The molecule has 1 nitrogen and oxygen atoms in total. The zero-order chi connectivity index (χ0) is 5.91. The van der Waals surface area contributed by atoms with Crippen molar-refractivity contribution in [1.82, 2.24) is 0 Å². The summed E-state index contributed by atoms with van der Waals surface area (Å²) in [6.07, 6.45) is 0. The van der Waals surface area contributed by atoms with Crippen LogP contribution < -0.4 is 0 Å². The van der Waals surface area contributed by atoms with E-state index in [1.165, 1.54) is 0 Å². The van der Waals surface area contributed by atoms with Gasteiger partial charge in [0.15, 0.2) is 0 Å². The molecule has 0 bridgehead atoms. The largest absolute Gasteiger partial charge is 0.311 e. The number of nitrogens with zero attached hydrogens (tertiary/aromatic N) is 1. The van der Waals surface area contributed by atoms with Gasteiger partial charge in [-0.05, 0) is 0 Å². The van der Waals surface area contributed by atoms with Gasteiger partial charge in [-0.3, -0.25) is 0 Å². The number of rotatable bonds is 0. The summed E-state index contributed by atoms with van der Waals surface area (Å²) in [5.74, 6) is 0. The molecule has 0 radical (unpaired) electrons. The molecule has 0 spiro atoms. The molecule has 0 rings (SSSR count). The van der Waals surface area contributed by atoms with Gasteiger partial charge in [0, 0.05) is 22.1 Å². The molecular weight excluding hydrogens is 74.1 g/mol. The Morgan fingerprint density at radius 3 is 2.33 bits per heavy atom. The van der Waals surface area contributed by atoms with Gasteiger partial charge in [-0.15, -0.1) is 0 Å². The summed E-state index contributed by atoms with van der Waals surface area (Å²) < 4.78 is 6.79. The topological polar surface area (TPSA) is 4.36 Å². The second-order valence-electron chi connectivity index (χ2n) is 1.92. The molecule has 0 saturated carbocycles. The molecule has 0 amide bonds. The van der Waals surface area contributed by atoms with Crippen LogP contribution in [0.25, 0.3) is 4.85 Å². The van der Waals surface area contributed by atoms with Gasteiger partial charge in [0.05, 0.1) is 0 Å². The van der Waals surface area contributed by atoms with Gasteiger partial charge in [-0.2, -0.15) is 0 Å². The van der Waals surface area contributed by atoms with Gasteiger partial charge < -0.3 is 4.85 Å². The summed E-state index contributed by atoms with van der Waals surface area (Å²) in [5.41, 5.74) is -0.458. The SMILES string of the molecule is [2H]CC(C)(C)[N+]#[C-]. The highest BCUT2D eigenvalue weighted by molar-refractivity contribution is 4.82. The van der Waals surface area contributed by atoms with Gasteiger partial charge in [-0.25, -0.2) is 6.57 Å². The van der Waals surface area contributed by atoms with E-state index in [9.17, 15) is 0 Å². The molecule has 0 fully saturated rings. The molecule has 0 aromatic heterocycles. The number of hydrogen-bond donors (Lipinski definition) is 0. The van der Waals surface area contributed by atoms with Crippen molar-refractivity contribution in [2.24, 2.45) is 0 Å². The van der Waals surface area contributed by atoms with Crippen molar-refractivity contribution in [2.75, 3.05) is 0 Å². The average Bonchev–Trinajstić information content (AvgIpc) is 1.68. The minimum absolute atomic E-state index is 0.191. The molecule has 0 aliphatic carbocycles. The van der Waals surface area contributed by atoms with Crippen molar-refractivity contribution in [3.8, 4) is 0 Å². The Bertz CT molecular complexity index is 90.7. The van der Waals surface area contributed by atoms with Crippen LogP contribution in [-0.2, 0) is 0 Å². The van der Waals surface area contributed by atoms with E-state index in [-0.39, 0.29) is 6.90 Å². The van der Waals surface area contributed by atoms with Crippen LogP contribution >= 0.6 is 0 Å². The van der Waals surface area contributed by atoms with E-state index >= 15 is 0 Å². The van der Waals surface area contributed by atoms with Gasteiger partial charge in [0.25, 0.3) is 0 Å². The first-order valence-electron chi connectivity index (χ1n) is 2.51. The Labute approximate surface area is 40.2 Å². The van der Waals surface area contributed by atoms with E-state index in [0.29, 0.717) is 0 Å². The first kappa shape index (κ1) is 3.67. The minimum atomic E-state index is -0.458. The summed E-state index contributed by atoms with van der Waals surface area (Å²) in [6, 6.07) is 0. The monoisotopic (exact) mass is 84.1 g/mol. The third kappa shape index (κ3) is 3.49. The van der Waals surface area contributed by atoms with Crippen LogP contribution in [0.3, 0.4) is 0 Å². The third-order valence-corrected chi connectivity index (χ3v) is 0.303. The lowest BCUT2D eigenvalue weighted by atomic mass is 10.1. The predicted molar refractivity (Wildman–Crippen MR) is 26.4 cm³/mol. The fourth-order valence-electron chi connectivity index (χ4n) is 0. The van der Waals surface area contributed by atoms with E-state index in [1.54, 1.807) is 13.8 Å². The van der Waals surface area contributed by atoms with Crippen molar-refractivity contribution in [3.05, 3.63) is 11.4 Å². The van der Waals surface area contributed by atoms with Crippen LogP contribution in [0, 0.1) is 6.57 Å². The van der Waals surface area contributed by atoms with Crippen molar-refractivity contribution in [2.45, 2.75) is 26.3 Å². The summed E-state index contributed by atoms with van der Waals surface area (Å²) >= 11 is 0. The lowest BCUT2D eigenvalue weighted by Crippen LogP contribution is -2.04. The fourth-order valence-corrected chi connectivity index (χ4v) is 0. The molecule has 0 heterocycles. The summed E-state index contributed by atoms with van der Waals surface area (Å²) in [7, 11) is 0. The average molecular weight is 84.1 g/mol. The molecule has 0 unspecified atom stereocenters. The van der Waals surface area contributed by atoms with Crippen LogP contribution in [0.1, 0.15) is 22.1 Å². The highest BCUT2D eigenvalue weighted by atomic mass is 14.7. The van der Waals surface area contributed by atoms with Crippen LogP contribution in [-0.4, -0.2) is 5.54 Å². The first-order valence-corrected chi connectivity index (χ1v) is 1.80. The molecule has 0 atom stereocenters. The zero-order valence-electron chi connectivity index (χ0n) is 5.15. The smallest absolute Gasteiger partial charge is 0.224 e. The van der Waals surface area contributed by atoms with Gasteiger partial charge in [-0.1, -0.05) is 0 Å². The Kier molecular flexibility index (Phi) is 0.795. The molecule has 1 heteroatoms. The zero-order valence-corrected chi connectivity index (χ0v) is 4.15. The van der Waals surface area contributed by atoms with E-state index in [0.717, 1.165) is 0 Å². The second kappa shape index (κ2) is 1.30. The molecule has 0 aliphatic heterocycles. The summed E-state index contributed by atoms with van der Waals surface area (Å²) in [5, 5.41) is 0. The molecule has 0 aromatic carbocycles. The van der Waals surface area contributed by atoms with E-state index in [1.807, 2.05) is 0 Å². The van der Waals surface area contributed by atoms with Crippen LogP contribution in [0.15, 0.2) is 0 Å². The summed E-state index contributed by atoms with van der Waals surface area (Å²) in [4.78, 5) is 3.20. The lowest BCUT2D eigenvalue weighted by molar-refractivity contribution is 0.688. The maximum absolute atomic E-state index is 6.79.